The van der Waals surface area contributed by atoms with Crippen molar-refractivity contribution in [1.29, 1.82) is 0 Å². The molecule has 60 valence electrons. The Morgan fingerprint density at radius 2 is 2.27 bits per heavy atom. The van der Waals surface area contributed by atoms with E-state index in [4.69, 9.17) is 0 Å². The predicted octanol–water partition coefficient (Wildman–Crippen LogP) is 0.972. The van der Waals surface area contributed by atoms with Crippen molar-refractivity contribution >= 4 is 12.2 Å². The molecular formula is C8H11NO2. The molecule has 0 aromatic carbocycles. The third kappa shape index (κ3) is 4.08. The minimum Gasteiger partial charge on any atom is -0.465 e. The average molecular weight is 153 g/mol. The third-order valence-corrected chi connectivity index (χ3v) is 0.980. The molecule has 0 aliphatic rings. The van der Waals surface area contributed by atoms with Crippen LogP contribution >= 0.6 is 0 Å². The van der Waals surface area contributed by atoms with Crippen molar-refractivity contribution < 1.29 is 9.53 Å². The van der Waals surface area contributed by atoms with Gasteiger partial charge in [-0.25, -0.2) is 4.79 Å². The van der Waals surface area contributed by atoms with Crippen LogP contribution in [0.15, 0.2) is 29.3 Å². The zero-order valence-corrected chi connectivity index (χ0v) is 6.70. The Hall–Kier alpha value is -1.38. The van der Waals surface area contributed by atoms with E-state index in [1.165, 1.54) is 7.11 Å². The second-order valence-electron chi connectivity index (χ2n) is 1.78. The van der Waals surface area contributed by atoms with Gasteiger partial charge in [0.05, 0.1) is 12.7 Å². The summed E-state index contributed by atoms with van der Waals surface area (Å²) in [4.78, 5) is 14.4. The molecule has 0 bridgehead atoms. The first-order valence-electron chi connectivity index (χ1n) is 3.08. The van der Waals surface area contributed by atoms with Crippen molar-refractivity contribution in [3.63, 3.8) is 0 Å². The molecule has 0 spiro atoms. The lowest BCUT2D eigenvalue weighted by atomic mass is 10.3. The Bertz CT molecular complexity index is 204. The largest absolute Gasteiger partial charge is 0.465 e. The van der Waals surface area contributed by atoms with Crippen molar-refractivity contribution in [1.82, 2.24) is 0 Å². The quantitative estimate of drug-likeness (QED) is 0.262. The standard InChI is InChI=1S/C8H11NO2/c1-7(8(10)11-3)5-4-6-9-2/h4-6H,1H2,2-3H3/b5-4-,9-6?. The Morgan fingerprint density at radius 3 is 2.73 bits per heavy atom. The minimum atomic E-state index is -0.425. The summed E-state index contributed by atoms with van der Waals surface area (Å²) in [6.45, 7) is 3.47. The zero-order chi connectivity index (χ0) is 8.69. The van der Waals surface area contributed by atoms with Gasteiger partial charge >= 0.3 is 5.97 Å². The van der Waals surface area contributed by atoms with Crippen LogP contribution in [-0.4, -0.2) is 26.3 Å². The van der Waals surface area contributed by atoms with E-state index in [0.717, 1.165) is 0 Å². The van der Waals surface area contributed by atoms with E-state index >= 15 is 0 Å². The molecule has 0 aromatic heterocycles. The fourth-order valence-corrected chi connectivity index (χ4v) is 0.444. The van der Waals surface area contributed by atoms with E-state index in [0.29, 0.717) is 5.57 Å². The monoisotopic (exact) mass is 153 g/mol. The lowest BCUT2D eigenvalue weighted by Crippen LogP contribution is -2.00. The molecule has 0 rings (SSSR count). The number of rotatable bonds is 3. The Labute approximate surface area is 66.1 Å². The molecule has 0 radical (unpaired) electrons. The number of ether oxygens (including phenoxy) is 1. The molecule has 0 amide bonds. The summed E-state index contributed by atoms with van der Waals surface area (Å²) >= 11 is 0. The van der Waals surface area contributed by atoms with E-state index in [9.17, 15) is 4.79 Å². The van der Waals surface area contributed by atoms with Crippen molar-refractivity contribution in [3.05, 3.63) is 24.3 Å². The molecule has 0 aliphatic heterocycles. The highest BCUT2D eigenvalue weighted by atomic mass is 16.5. The van der Waals surface area contributed by atoms with Crippen molar-refractivity contribution in [2.45, 2.75) is 0 Å². The highest BCUT2D eigenvalue weighted by Crippen LogP contribution is 1.93. The number of hydrogen-bond donors (Lipinski definition) is 0. The number of esters is 1. The van der Waals surface area contributed by atoms with E-state index in [2.05, 4.69) is 16.3 Å². The number of hydrogen-bond acceptors (Lipinski definition) is 3. The van der Waals surface area contributed by atoms with Gasteiger partial charge in [0.2, 0.25) is 0 Å². The van der Waals surface area contributed by atoms with Gasteiger partial charge in [-0.1, -0.05) is 6.58 Å². The van der Waals surface area contributed by atoms with Gasteiger partial charge < -0.3 is 4.74 Å². The van der Waals surface area contributed by atoms with Gasteiger partial charge in [-0.15, -0.1) is 0 Å². The zero-order valence-electron chi connectivity index (χ0n) is 6.70. The molecule has 3 heteroatoms. The number of carbonyl (C=O) groups is 1. The first-order valence-corrected chi connectivity index (χ1v) is 3.08. The van der Waals surface area contributed by atoms with E-state index in [-0.39, 0.29) is 0 Å². The summed E-state index contributed by atoms with van der Waals surface area (Å²) in [5, 5.41) is 0. The number of allylic oxidation sites excluding steroid dienone is 1. The molecule has 0 atom stereocenters. The maximum Gasteiger partial charge on any atom is 0.337 e. The normalized spacial score (nSPS) is 10.7. The van der Waals surface area contributed by atoms with Crippen molar-refractivity contribution in [2.75, 3.05) is 14.2 Å². The predicted molar refractivity (Wildman–Crippen MR) is 44.7 cm³/mol. The molecule has 0 N–H and O–H groups in total. The molecule has 0 fully saturated rings. The van der Waals surface area contributed by atoms with Crippen LogP contribution < -0.4 is 0 Å². The minimum absolute atomic E-state index is 0.312. The van der Waals surface area contributed by atoms with Gasteiger partial charge in [-0.05, 0) is 12.2 Å². The molecule has 3 nitrogen and oxygen atoms in total. The Kier molecular flexibility index (Phi) is 4.73. The second-order valence-corrected chi connectivity index (χ2v) is 1.78. The molecular weight excluding hydrogens is 142 g/mol. The SMILES string of the molecule is C=C(/C=C\C=NC)C(=O)OC. The summed E-state index contributed by atoms with van der Waals surface area (Å²) in [6.07, 6.45) is 4.73. The number of nitrogens with zero attached hydrogens (tertiary/aromatic N) is 1. The molecule has 0 saturated carbocycles. The lowest BCUT2D eigenvalue weighted by Gasteiger charge is -1.94. The van der Waals surface area contributed by atoms with Crippen molar-refractivity contribution in [3.8, 4) is 0 Å². The van der Waals surface area contributed by atoms with Gasteiger partial charge in [0.15, 0.2) is 0 Å². The van der Waals surface area contributed by atoms with Crippen LogP contribution in [0, 0.1) is 0 Å². The van der Waals surface area contributed by atoms with Crippen LogP contribution in [0.5, 0.6) is 0 Å². The summed E-state index contributed by atoms with van der Waals surface area (Å²) in [5.41, 5.74) is 0.312. The highest BCUT2D eigenvalue weighted by Gasteiger charge is 1.99. The van der Waals surface area contributed by atoms with Gasteiger partial charge in [0, 0.05) is 13.3 Å². The second kappa shape index (κ2) is 5.41. The first-order chi connectivity index (χ1) is 5.22. The number of carbonyl (C=O) groups excluding carboxylic acids is 1. The fraction of sp³-hybridized carbons (Fsp3) is 0.250. The third-order valence-electron chi connectivity index (χ3n) is 0.980. The van der Waals surface area contributed by atoms with Crippen LogP contribution in [0.2, 0.25) is 0 Å². The molecule has 0 aliphatic carbocycles. The first kappa shape index (κ1) is 9.62. The summed E-state index contributed by atoms with van der Waals surface area (Å²) in [7, 11) is 2.96. The van der Waals surface area contributed by atoms with Crippen LogP contribution in [0.25, 0.3) is 0 Å². The van der Waals surface area contributed by atoms with Crippen LogP contribution in [-0.2, 0) is 9.53 Å². The van der Waals surface area contributed by atoms with Gasteiger partial charge in [-0.2, -0.15) is 0 Å². The number of aliphatic imine (C=N–C) groups is 1. The topological polar surface area (TPSA) is 38.7 Å². The Morgan fingerprint density at radius 1 is 1.64 bits per heavy atom. The van der Waals surface area contributed by atoms with Gasteiger partial charge in [0.25, 0.3) is 0 Å². The summed E-state index contributed by atoms with van der Waals surface area (Å²) in [6, 6.07) is 0. The molecule has 0 aromatic rings. The van der Waals surface area contributed by atoms with E-state index < -0.39 is 5.97 Å². The fourth-order valence-electron chi connectivity index (χ4n) is 0.444. The van der Waals surface area contributed by atoms with Crippen LogP contribution in [0.3, 0.4) is 0 Å². The molecule has 11 heavy (non-hydrogen) atoms. The van der Waals surface area contributed by atoms with Crippen molar-refractivity contribution in [2.24, 2.45) is 4.99 Å². The molecule has 0 saturated heterocycles. The van der Waals surface area contributed by atoms with Gasteiger partial charge in [0.1, 0.15) is 0 Å². The van der Waals surface area contributed by atoms with E-state index in [1.54, 1.807) is 25.4 Å². The number of methoxy groups -OCH3 is 1. The lowest BCUT2D eigenvalue weighted by molar-refractivity contribution is -0.135. The maximum absolute atomic E-state index is 10.7. The van der Waals surface area contributed by atoms with E-state index in [1.807, 2.05) is 0 Å². The maximum atomic E-state index is 10.7. The Balaban J connectivity index is 3.97. The summed E-state index contributed by atoms with van der Waals surface area (Å²) in [5.74, 6) is -0.425. The average Bonchev–Trinajstić information content (AvgIpc) is 2.03. The van der Waals surface area contributed by atoms with Crippen LogP contribution in [0.1, 0.15) is 0 Å². The molecule has 0 heterocycles. The molecule has 0 unspecified atom stereocenters. The summed E-state index contributed by atoms with van der Waals surface area (Å²) < 4.78 is 4.41. The smallest absolute Gasteiger partial charge is 0.337 e. The highest BCUT2D eigenvalue weighted by molar-refractivity contribution is 5.91. The van der Waals surface area contributed by atoms with Crippen LogP contribution in [0.4, 0.5) is 0 Å². The van der Waals surface area contributed by atoms with Gasteiger partial charge in [-0.3, -0.25) is 4.99 Å².